The molecular weight excluding hydrogens is 237 g/mol. The van der Waals surface area contributed by atoms with Gasteiger partial charge in [-0.25, -0.2) is 0 Å². The average molecular weight is 251 g/mol. The number of rotatable bonds is 0. The fraction of sp³-hybridized carbons (Fsp3) is 1.00. The lowest BCUT2D eigenvalue weighted by Crippen LogP contribution is -2.34. The number of halogens is 1. The van der Waals surface area contributed by atoms with Crippen molar-refractivity contribution in [2.24, 2.45) is 5.92 Å². The minimum atomic E-state index is 0.852. The lowest BCUT2D eigenvalue weighted by atomic mass is 9.96. The number of piperidine rings is 1. The van der Waals surface area contributed by atoms with Gasteiger partial charge in [0.05, 0.1) is 4.05 Å². The van der Waals surface area contributed by atoms with Gasteiger partial charge in [0, 0.05) is 0 Å². The van der Waals surface area contributed by atoms with E-state index in [9.17, 15) is 0 Å². The Hall–Kier alpha value is 0.690. The molecule has 3 saturated heterocycles. The van der Waals surface area contributed by atoms with Crippen LogP contribution in [-0.4, -0.2) is 22.0 Å². The first kappa shape index (κ1) is 7.35. The third-order valence-electron chi connectivity index (χ3n) is 2.86. The van der Waals surface area contributed by atoms with Crippen molar-refractivity contribution in [1.82, 2.24) is 4.90 Å². The fourth-order valence-electron chi connectivity index (χ4n) is 2.08. The van der Waals surface area contributed by atoms with E-state index in [0.29, 0.717) is 0 Å². The number of fused-ring (bicyclic) bond motifs is 4. The highest BCUT2D eigenvalue weighted by Gasteiger charge is 2.27. The summed E-state index contributed by atoms with van der Waals surface area (Å²) in [5.41, 5.74) is 0. The fourth-order valence-corrected chi connectivity index (χ4v) is 2.99. The molecular formula is C8H14IN. The molecule has 2 heteroatoms. The van der Waals surface area contributed by atoms with Gasteiger partial charge in [0.25, 0.3) is 0 Å². The van der Waals surface area contributed by atoms with E-state index in [1.54, 1.807) is 0 Å². The Bertz CT molecular complexity index is 118. The Balaban J connectivity index is 2.07. The number of alkyl halides is 1. The average Bonchev–Trinajstić information content (AvgIpc) is 2.24. The van der Waals surface area contributed by atoms with Crippen LogP contribution in [0.15, 0.2) is 0 Å². The third kappa shape index (κ3) is 1.33. The van der Waals surface area contributed by atoms with E-state index >= 15 is 0 Å². The summed E-state index contributed by atoms with van der Waals surface area (Å²) in [4.78, 5) is 2.64. The molecule has 3 aliphatic heterocycles. The molecule has 1 atom stereocenters. The lowest BCUT2D eigenvalue weighted by molar-refractivity contribution is 0.217. The maximum Gasteiger partial charge on any atom is 0.0618 e. The highest BCUT2D eigenvalue weighted by atomic mass is 127. The molecule has 0 radical (unpaired) electrons. The molecule has 0 aromatic carbocycles. The van der Waals surface area contributed by atoms with Crippen LogP contribution in [0.5, 0.6) is 0 Å². The van der Waals surface area contributed by atoms with E-state index in [4.69, 9.17) is 0 Å². The topological polar surface area (TPSA) is 3.24 Å². The molecule has 1 unspecified atom stereocenters. The first-order valence-electron chi connectivity index (χ1n) is 4.24. The zero-order valence-corrected chi connectivity index (χ0v) is 8.38. The van der Waals surface area contributed by atoms with Crippen LogP contribution in [-0.2, 0) is 0 Å². The quantitative estimate of drug-likeness (QED) is 0.362. The highest BCUT2D eigenvalue weighted by Crippen LogP contribution is 2.32. The van der Waals surface area contributed by atoms with Gasteiger partial charge in [-0.05, 0) is 44.7 Å². The standard InChI is InChI=1S/C8H14IN/c9-8-2-1-7-3-5-10(8)6-4-7/h7-8H,1-6H2. The summed E-state index contributed by atoms with van der Waals surface area (Å²) < 4.78 is 0.852. The Labute approximate surface area is 76.3 Å². The Morgan fingerprint density at radius 2 is 1.70 bits per heavy atom. The van der Waals surface area contributed by atoms with E-state index in [2.05, 4.69) is 27.5 Å². The van der Waals surface area contributed by atoms with Gasteiger partial charge in [-0.3, -0.25) is 4.90 Å². The molecule has 1 nitrogen and oxygen atoms in total. The predicted molar refractivity (Wildman–Crippen MR) is 51.3 cm³/mol. The van der Waals surface area contributed by atoms with Crippen molar-refractivity contribution in [2.75, 3.05) is 13.1 Å². The van der Waals surface area contributed by atoms with Crippen molar-refractivity contribution in [3.63, 3.8) is 0 Å². The van der Waals surface area contributed by atoms with Crippen molar-refractivity contribution >= 4 is 22.6 Å². The zero-order valence-electron chi connectivity index (χ0n) is 6.22. The molecule has 0 spiro atoms. The van der Waals surface area contributed by atoms with E-state index in [1.807, 2.05) is 0 Å². The van der Waals surface area contributed by atoms with Crippen LogP contribution < -0.4 is 0 Å². The second-order valence-electron chi connectivity index (χ2n) is 3.49. The zero-order chi connectivity index (χ0) is 6.97. The van der Waals surface area contributed by atoms with E-state index in [-0.39, 0.29) is 0 Å². The van der Waals surface area contributed by atoms with Crippen LogP contribution in [0.2, 0.25) is 0 Å². The summed E-state index contributed by atoms with van der Waals surface area (Å²) in [6.07, 6.45) is 5.87. The smallest absolute Gasteiger partial charge is 0.0618 e. The number of hydrogen-bond acceptors (Lipinski definition) is 1. The van der Waals surface area contributed by atoms with Crippen molar-refractivity contribution < 1.29 is 0 Å². The normalized spacial score (nSPS) is 47.1. The van der Waals surface area contributed by atoms with Gasteiger partial charge in [-0.2, -0.15) is 0 Å². The van der Waals surface area contributed by atoms with Crippen molar-refractivity contribution in [2.45, 2.75) is 29.7 Å². The minimum absolute atomic E-state index is 0.852. The van der Waals surface area contributed by atoms with Crippen molar-refractivity contribution in [3.05, 3.63) is 0 Å². The summed E-state index contributed by atoms with van der Waals surface area (Å²) >= 11 is 2.60. The third-order valence-corrected chi connectivity index (χ3v) is 4.27. The second-order valence-corrected chi connectivity index (χ2v) is 4.93. The van der Waals surface area contributed by atoms with Gasteiger partial charge in [0.2, 0.25) is 0 Å². The molecule has 0 aromatic heterocycles. The maximum atomic E-state index is 2.64. The van der Waals surface area contributed by atoms with Crippen molar-refractivity contribution in [3.8, 4) is 0 Å². The molecule has 0 saturated carbocycles. The monoisotopic (exact) mass is 251 g/mol. The highest BCUT2D eigenvalue weighted by molar-refractivity contribution is 14.1. The summed E-state index contributed by atoms with van der Waals surface area (Å²) in [6.45, 7) is 2.75. The van der Waals surface area contributed by atoms with Crippen LogP contribution in [0.3, 0.4) is 0 Å². The molecule has 0 aromatic rings. The van der Waals surface area contributed by atoms with Gasteiger partial charge in [-0.15, -0.1) is 0 Å². The predicted octanol–water partition coefficient (Wildman–Crippen LogP) is 2.25. The first-order chi connectivity index (χ1) is 4.86. The molecule has 0 amide bonds. The van der Waals surface area contributed by atoms with Crippen LogP contribution in [0.25, 0.3) is 0 Å². The second kappa shape index (κ2) is 2.97. The molecule has 10 heavy (non-hydrogen) atoms. The molecule has 0 aliphatic carbocycles. The Morgan fingerprint density at radius 3 is 2.40 bits per heavy atom. The van der Waals surface area contributed by atoms with Gasteiger partial charge in [0.1, 0.15) is 0 Å². The largest absolute Gasteiger partial charge is 0.292 e. The number of nitrogens with zero attached hydrogens (tertiary/aromatic N) is 1. The van der Waals surface area contributed by atoms with Gasteiger partial charge in [0.15, 0.2) is 0 Å². The van der Waals surface area contributed by atoms with Crippen LogP contribution >= 0.6 is 22.6 Å². The van der Waals surface area contributed by atoms with Crippen LogP contribution in [0, 0.1) is 5.92 Å². The molecule has 3 aliphatic rings. The lowest BCUT2D eigenvalue weighted by Gasteiger charge is -2.29. The van der Waals surface area contributed by atoms with Gasteiger partial charge in [-0.1, -0.05) is 22.6 Å². The van der Waals surface area contributed by atoms with E-state index < -0.39 is 0 Å². The van der Waals surface area contributed by atoms with Crippen LogP contribution in [0.1, 0.15) is 25.7 Å². The van der Waals surface area contributed by atoms with Gasteiger partial charge >= 0.3 is 0 Å². The Kier molecular flexibility index (Phi) is 2.18. The van der Waals surface area contributed by atoms with Crippen LogP contribution in [0.4, 0.5) is 0 Å². The van der Waals surface area contributed by atoms with Crippen molar-refractivity contribution in [1.29, 1.82) is 0 Å². The molecule has 3 fully saturated rings. The molecule has 3 rings (SSSR count). The summed E-state index contributed by atoms with van der Waals surface area (Å²) in [6, 6.07) is 0. The Morgan fingerprint density at radius 1 is 1.00 bits per heavy atom. The summed E-state index contributed by atoms with van der Waals surface area (Å²) in [5, 5.41) is 0. The molecule has 0 N–H and O–H groups in total. The van der Waals surface area contributed by atoms with E-state index in [1.165, 1.54) is 38.8 Å². The van der Waals surface area contributed by atoms with Gasteiger partial charge < -0.3 is 0 Å². The SMILES string of the molecule is IC1CCC2CCN1CC2. The minimum Gasteiger partial charge on any atom is -0.292 e. The number of hydrogen-bond donors (Lipinski definition) is 0. The maximum absolute atomic E-state index is 2.64. The summed E-state index contributed by atoms with van der Waals surface area (Å²) in [5.74, 6) is 1.08. The summed E-state index contributed by atoms with van der Waals surface area (Å²) in [7, 11) is 0. The first-order valence-corrected chi connectivity index (χ1v) is 5.49. The van der Waals surface area contributed by atoms with E-state index in [0.717, 1.165) is 9.97 Å². The molecule has 58 valence electrons. The molecule has 2 bridgehead atoms. The molecule has 3 heterocycles.